The highest BCUT2D eigenvalue weighted by molar-refractivity contribution is 7.13. The first-order valence-electron chi connectivity index (χ1n) is 8.95. The van der Waals surface area contributed by atoms with Gasteiger partial charge in [0.15, 0.2) is 6.61 Å². The molecule has 6 heteroatoms. The Labute approximate surface area is 168 Å². The predicted molar refractivity (Wildman–Crippen MR) is 111 cm³/mol. The molecule has 3 rings (SSSR count). The molecule has 0 spiro atoms. The Balaban J connectivity index is 1.52. The van der Waals surface area contributed by atoms with E-state index in [1.54, 1.807) is 0 Å². The van der Waals surface area contributed by atoms with Crippen LogP contribution in [0.1, 0.15) is 22.4 Å². The van der Waals surface area contributed by atoms with Gasteiger partial charge in [0, 0.05) is 16.6 Å². The lowest BCUT2D eigenvalue weighted by molar-refractivity contribution is -0.146. The van der Waals surface area contributed by atoms with Gasteiger partial charge in [0.25, 0.3) is 5.91 Å². The van der Waals surface area contributed by atoms with Gasteiger partial charge in [-0.15, -0.1) is 11.3 Å². The molecule has 0 saturated heterocycles. The van der Waals surface area contributed by atoms with Crippen molar-refractivity contribution in [2.24, 2.45) is 0 Å². The third-order valence-corrected chi connectivity index (χ3v) is 5.33. The van der Waals surface area contributed by atoms with E-state index in [0.29, 0.717) is 5.69 Å². The average molecular weight is 394 g/mol. The fourth-order valence-electron chi connectivity index (χ4n) is 2.72. The summed E-state index contributed by atoms with van der Waals surface area (Å²) in [5.74, 6) is -0.835. The Morgan fingerprint density at radius 3 is 2.68 bits per heavy atom. The van der Waals surface area contributed by atoms with Crippen molar-refractivity contribution in [3.8, 4) is 10.6 Å². The quantitative estimate of drug-likeness (QED) is 0.627. The number of carbonyl (C=O) groups is 2. The molecule has 144 valence electrons. The molecule has 0 aliphatic carbocycles. The van der Waals surface area contributed by atoms with Crippen LogP contribution in [0.25, 0.3) is 10.6 Å². The summed E-state index contributed by atoms with van der Waals surface area (Å²) in [5.41, 5.74) is 5.63. The lowest BCUT2D eigenvalue weighted by atomic mass is 10.1. The van der Waals surface area contributed by atoms with Gasteiger partial charge in [-0.1, -0.05) is 35.9 Å². The molecular weight excluding hydrogens is 372 g/mol. The van der Waals surface area contributed by atoms with Gasteiger partial charge in [0.1, 0.15) is 5.01 Å². The lowest BCUT2D eigenvalue weighted by Gasteiger charge is -2.10. The zero-order valence-electron chi connectivity index (χ0n) is 16.1. The van der Waals surface area contributed by atoms with Crippen LogP contribution in [0, 0.1) is 20.8 Å². The zero-order valence-corrected chi connectivity index (χ0v) is 16.9. The molecule has 1 aromatic heterocycles. The minimum Gasteiger partial charge on any atom is -0.455 e. The zero-order chi connectivity index (χ0) is 20.1. The van der Waals surface area contributed by atoms with Gasteiger partial charge >= 0.3 is 5.97 Å². The van der Waals surface area contributed by atoms with Gasteiger partial charge in [-0.3, -0.25) is 9.59 Å². The molecule has 5 nitrogen and oxygen atoms in total. The number of amides is 1. The van der Waals surface area contributed by atoms with Crippen molar-refractivity contribution in [2.75, 3.05) is 11.9 Å². The number of benzene rings is 2. The van der Waals surface area contributed by atoms with E-state index in [0.717, 1.165) is 32.9 Å². The van der Waals surface area contributed by atoms with Crippen LogP contribution >= 0.6 is 11.3 Å². The van der Waals surface area contributed by atoms with Crippen molar-refractivity contribution in [2.45, 2.75) is 27.2 Å². The summed E-state index contributed by atoms with van der Waals surface area (Å²) >= 11 is 1.48. The molecule has 2 aromatic carbocycles. The van der Waals surface area contributed by atoms with Gasteiger partial charge < -0.3 is 10.1 Å². The number of hydrogen-bond acceptors (Lipinski definition) is 5. The number of hydrogen-bond donors (Lipinski definition) is 1. The average Bonchev–Trinajstić information content (AvgIpc) is 3.12. The second-order valence-corrected chi connectivity index (χ2v) is 7.50. The molecule has 0 saturated carbocycles. The Hall–Kier alpha value is -2.99. The van der Waals surface area contributed by atoms with Gasteiger partial charge in [0.2, 0.25) is 0 Å². The maximum Gasteiger partial charge on any atom is 0.312 e. The predicted octanol–water partition coefficient (Wildman–Crippen LogP) is 4.46. The summed E-state index contributed by atoms with van der Waals surface area (Å²) < 4.78 is 5.10. The molecule has 0 fully saturated rings. The smallest absolute Gasteiger partial charge is 0.312 e. The fraction of sp³-hybridized carbons (Fsp3) is 0.227. The Kier molecular flexibility index (Phi) is 6.21. The molecule has 1 N–H and O–H groups in total. The van der Waals surface area contributed by atoms with Crippen molar-refractivity contribution in [1.82, 2.24) is 4.98 Å². The van der Waals surface area contributed by atoms with E-state index in [1.807, 2.05) is 62.5 Å². The van der Waals surface area contributed by atoms with E-state index in [-0.39, 0.29) is 18.9 Å². The molecule has 1 amide bonds. The minimum atomic E-state index is -0.475. The largest absolute Gasteiger partial charge is 0.455 e. The van der Waals surface area contributed by atoms with Gasteiger partial charge in [-0.25, -0.2) is 4.98 Å². The third kappa shape index (κ3) is 5.04. The summed E-state index contributed by atoms with van der Waals surface area (Å²) in [7, 11) is 0. The van der Waals surface area contributed by atoms with Crippen molar-refractivity contribution in [3.63, 3.8) is 0 Å². The van der Waals surface area contributed by atoms with E-state index >= 15 is 0 Å². The number of aromatic nitrogens is 1. The van der Waals surface area contributed by atoms with E-state index in [9.17, 15) is 9.59 Å². The van der Waals surface area contributed by atoms with Crippen LogP contribution in [-0.2, 0) is 20.7 Å². The fourth-order valence-corrected chi connectivity index (χ4v) is 3.53. The molecule has 28 heavy (non-hydrogen) atoms. The Morgan fingerprint density at radius 1 is 1.11 bits per heavy atom. The second-order valence-electron chi connectivity index (χ2n) is 6.65. The summed E-state index contributed by atoms with van der Waals surface area (Å²) in [6.07, 6.45) is 0.0407. The number of esters is 1. The summed E-state index contributed by atoms with van der Waals surface area (Å²) in [6.45, 7) is 5.62. The molecule has 3 aromatic rings. The van der Waals surface area contributed by atoms with E-state index in [4.69, 9.17) is 4.74 Å². The summed E-state index contributed by atoms with van der Waals surface area (Å²) in [4.78, 5) is 28.6. The molecule has 1 heterocycles. The van der Waals surface area contributed by atoms with Crippen molar-refractivity contribution in [3.05, 3.63) is 70.2 Å². The highest BCUT2D eigenvalue weighted by Gasteiger charge is 2.13. The van der Waals surface area contributed by atoms with Crippen molar-refractivity contribution >= 4 is 28.9 Å². The maximum atomic E-state index is 12.1. The van der Waals surface area contributed by atoms with Gasteiger partial charge in [-0.05, 0) is 44.0 Å². The number of carbonyl (C=O) groups excluding carboxylic acids is 2. The maximum absolute atomic E-state index is 12.1. The Morgan fingerprint density at radius 2 is 1.89 bits per heavy atom. The monoisotopic (exact) mass is 394 g/mol. The van der Waals surface area contributed by atoms with Crippen molar-refractivity contribution in [1.29, 1.82) is 0 Å². The van der Waals surface area contributed by atoms with E-state index in [1.165, 1.54) is 11.3 Å². The number of ether oxygens (including phenoxy) is 1. The van der Waals surface area contributed by atoms with Crippen LogP contribution in [0.15, 0.2) is 47.8 Å². The number of nitrogens with one attached hydrogen (secondary N) is 1. The molecule has 0 atom stereocenters. The normalized spacial score (nSPS) is 10.5. The van der Waals surface area contributed by atoms with Crippen LogP contribution in [0.3, 0.4) is 0 Å². The summed E-state index contributed by atoms with van der Waals surface area (Å²) in [5, 5.41) is 5.47. The van der Waals surface area contributed by atoms with E-state index in [2.05, 4.69) is 16.4 Å². The molecule has 0 aliphatic heterocycles. The molecule has 0 aliphatic rings. The third-order valence-electron chi connectivity index (χ3n) is 4.39. The second kappa shape index (κ2) is 8.80. The van der Waals surface area contributed by atoms with Crippen LogP contribution in [0.4, 0.5) is 5.69 Å². The molecule has 0 unspecified atom stereocenters. The standard InChI is InChI=1S/C22H22N2O3S/c1-14-6-4-8-17(10-14)22-23-18(13-28-22)11-21(26)27-12-20(25)24-19-9-5-7-15(2)16(19)3/h4-10,13H,11-12H2,1-3H3,(H,24,25). The highest BCUT2D eigenvalue weighted by Crippen LogP contribution is 2.24. The number of anilines is 1. The SMILES string of the molecule is Cc1cccc(-c2nc(CC(=O)OCC(=O)Nc3cccc(C)c3C)cs2)c1. The number of nitrogens with zero attached hydrogens (tertiary/aromatic N) is 1. The first-order chi connectivity index (χ1) is 13.4. The molecule has 0 radical (unpaired) electrons. The lowest BCUT2D eigenvalue weighted by Crippen LogP contribution is -2.22. The number of thiazole rings is 1. The molecule has 0 bridgehead atoms. The minimum absolute atomic E-state index is 0.0407. The molecular formula is C22H22N2O3S. The van der Waals surface area contributed by atoms with Crippen LogP contribution in [-0.4, -0.2) is 23.5 Å². The van der Waals surface area contributed by atoms with Gasteiger partial charge in [0.05, 0.1) is 12.1 Å². The van der Waals surface area contributed by atoms with Crippen LogP contribution in [0.2, 0.25) is 0 Å². The first-order valence-corrected chi connectivity index (χ1v) is 9.83. The van der Waals surface area contributed by atoms with E-state index < -0.39 is 5.97 Å². The Bertz CT molecular complexity index is 1010. The van der Waals surface area contributed by atoms with Crippen LogP contribution in [0.5, 0.6) is 0 Å². The summed E-state index contributed by atoms with van der Waals surface area (Å²) in [6, 6.07) is 13.7. The first kappa shape index (κ1) is 19.8. The van der Waals surface area contributed by atoms with Gasteiger partial charge in [-0.2, -0.15) is 0 Å². The van der Waals surface area contributed by atoms with Crippen molar-refractivity contribution < 1.29 is 14.3 Å². The highest BCUT2D eigenvalue weighted by atomic mass is 32.1. The topological polar surface area (TPSA) is 68.3 Å². The van der Waals surface area contributed by atoms with Crippen LogP contribution < -0.4 is 5.32 Å². The number of rotatable bonds is 6. The number of aryl methyl sites for hydroxylation is 2.